The Balaban J connectivity index is 1.79. The van der Waals surface area contributed by atoms with Gasteiger partial charge in [0, 0.05) is 32.8 Å². The summed E-state index contributed by atoms with van der Waals surface area (Å²) in [6.45, 7) is 0. The molecule has 0 radical (unpaired) electrons. The number of rotatable bonds is 2. The predicted molar refractivity (Wildman–Crippen MR) is 113 cm³/mol. The number of pyridine rings is 1. The van der Waals surface area contributed by atoms with Gasteiger partial charge in [0.15, 0.2) is 0 Å². The lowest BCUT2D eigenvalue weighted by atomic mass is 9.94. The zero-order chi connectivity index (χ0) is 18.9. The van der Waals surface area contributed by atoms with Gasteiger partial charge in [0.1, 0.15) is 11.8 Å². The third kappa shape index (κ3) is 2.72. The maximum absolute atomic E-state index is 9.59. The summed E-state index contributed by atoms with van der Waals surface area (Å²) < 4.78 is 0. The summed E-state index contributed by atoms with van der Waals surface area (Å²) in [6, 6.07) is 23.2. The summed E-state index contributed by atoms with van der Waals surface area (Å²) >= 11 is 1.81. The van der Waals surface area contributed by atoms with Gasteiger partial charge in [-0.05, 0) is 49.2 Å². The van der Waals surface area contributed by atoms with E-state index < -0.39 is 0 Å². The van der Waals surface area contributed by atoms with Gasteiger partial charge in [0.25, 0.3) is 0 Å². The third-order valence-electron chi connectivity index (χ3n) is 5.05. The van der Waals surface area contributed by atoms with E-state index in [0.29, 0.717) is 5.69 Å². The smallest absolute Gasteiger partial charge is 0.148 e. The van der Waals surface area contributed by atoms with Crippen LogP contribution >= 0.6 is 11.8 Å². The molecule has 2 aliphatic rings. The highest BCUT2D eigenvalue weighted by Crippen LogP contribution is 2.51. The molecule has 2 heterocycles. The molecule has 0 bridgehead atoms. The summed E-state index contributed by atoms with van der Waals surface area (Å²) in [5, 5.41) is 9.59. The van der Waals surface area contributed by atoms with Gasteiger partial charge in [-0.25, -0.2) is 4.98 Å². The molecule has 1 aromatic heterocycles. The molecule has 0 saturated carbocycles. The van der Waals surface area contributed by atoms with Crippen molar-refractivity contribution in [3.63, 3.8) is 0 Å². The number of fused-ring (bicyclic) bond motifs is 2. The highest BCUT2D eigenvalue weighted by atomic mass is 32.2. The average molecular weight is 379 g/mol. The first-order chi connectivity index (χ1) is 13.9. The van der Waals surface area contributed by atoms with Gasteiger partial charge in [-0.3, -0.25) is 0 Å². The quantitative estimate of drug-likeness (QED) is 0.522. The molecule has 1 aliphatic heterocycles. The maximum atomic E-state index is 9.59. The van der Waals surface area contributed by atoms with Crippen molar-refractivity contribution in [2.45, 2.75) is 22.6 Å². The fourth-order valence-electron chi connectivity index (χ4n) is 3.84. The molecule has 0 amide bonds. The molecule has 5 rings (SSSR count). The number of anilines is 2. The number of para-hydroxylation sites is 2. The topological polar surface area (TPSA) is 39.9 Å². The van der Waals surface area contributed by atoms with E-state index in [2.05, 4.69) is 76.6 Å². The van der Waals surface area contributed by atoms with E-state index in [9.17, 15) is 5.26 Å². The molecule has 0 unspecified atom stereocenters. The zero-order valence-electron chi connectivity index (χ0n) is 15.2. The monoisotopic (exact) mass is 379 g/mol. The second-order valence-electron chi connectivity index (χ2n) is 6.69. The minimum atomic E-state index is 0.467. The van der Waals surface area contributed by atoms with Crippen LogP contribution in [0.1, 0.15) is 24.1 Å². The van der Waals surface area contributed by atoms with Gasteiger partial charge in [0.2, 0.25) is 0 Å². The maximum Gasteiger partial charge on any atom is 0.148 e. The van der Waals surface area contributed by atoms with Crippen LogP contribution in [-0.4, -0.2) is 4.98 Å². The van der Waals surface area contributed by atoms with Crippen LogP contribution in [0.15, 0.2) is 94.5 Å². The lowest BCUT2D eigenvalue weighted by molar-refractivity contribution is 0.909. The Morgan fingerprint density at radius 2 is 1.64 bits per heavy atom. The molecule has 1 aliphatic carbocycles. The Bertz CT molecular complexity index is 1120. The fraction of sp³-hybridized carbons (Fsp3) is 0.0833. The molecule has 0 saturated heterocycles. The highest BCUT2D eigenvalue weighted by Gasteiger charge is 2.28. The van der Waals surface area contributed by atoms with Crippen molar-refractivity contribution in [1.82, 2.24) is 4.98 Å². The average Bonchev–Trinajstić information content (AvgIpc) is 2.77. The standard InChI is InChI=1S/C24H17N3S/c25-16-19-17(9-7-15-26-19)18-8-1-2-10-20(18)27-21-11-3-5-13-23(21)28-24-14-6-4-12-22(24)27/h1,3-9,11-15H,2,10H2. The molecular formula is C24H17N3S. The van der Waals surface area contributed by atoms with Crippen LogP contribution in [0.5, 0.6) is 0 Å². The van der Waals surface area contributed by atoms with Crippen molar-refractivity contribution in [3.8, 4) is 6.07 Å². The Hall–Kier alpha value is -3.29. The SMILES string of the molecule is N#Cc1ncccc1C1=C(N2c3ccccc3Sc3ccccc32)CCC=C1. The molecule has 2 aromatic carbocycles. The highest BCUT2D eigenvalue weighted by molar-refractivity contribution is 7.99. The van der Waals surface area contributed by atoms with Crippen molar-refractivity contribution in [1.29, 1.82) is 5.26 Å². The van der Waals surface area contributed by atoms with Crippen LogP contribution in [0.2, 0.25) is 0 Å². The Morgan fingerprint density at radius 1 is 0.929 bits per heavy atom. The summed E-state index contributed by atoms with van der Waals surface area (Å²) in [7, 11) is 0. The van der Waals surface area contributed by atoms with Crippen LogP contribution < -0.4 is 4.90 Å². The Kier molecular flexibility index (Phi) is 4.23. The van der Waals surface area contributed by atoms with Gasteiger partial charge >= 0.3 is 0 Å². The van der Waals surface area contributed by atoms with E-state index in [-0.39, 0.29) is 0 Å². The first kappa shape index (κ1) is 16.9. The largest absolute Gasteiger partial charge is 0.311 e. The van der Waals surface area contributed by atoms with E-state index in [1.54, 1.807) is 6.20 Å². The second kappa shape index (κ2) is 7.03. The van der Waals surface area contributed by atoms with Crippen molar-refractivity contribution in [2.24, 2.45) is 0 Å². The first-order valence-corrected chi connectivity index (χ1v) is 10.1. The molecule has 134 valence electrons. The van der Waals surface area contributed by atoms with Crippen molar-refractivity contribution in [2.75, 3.05) is 4.90 Å². The predicted octanol–water partition coefficient (Wildman–Crippen LogP) is 6.32. The van der Waals surface area contributed by atoms with E-state index in [0.717, 1.165) is 24.0 Å². The van der Waals surface area contributed by atoms with E-state index in [1.165, 1.54) is 26.9 Å². The van der Waals surface area contributed by atoms with Gasteiger partial charge < -0.3 is 4.90 Å². The molecule has 0 fully saturated rings. The number of hydrogen-bond donors (Lipinski definition) is 0. The molecular weight excluding hydrogens is 362 g/mol. The number of benzene rings is 2. The Labute approximate surface area is 168 Å². The van der Waals surface area contributed by atoms with Crippen molar-refractivity contribution >= 4 is 28.7 Å². The van der Waals surface area contributed by atoms with E-state index in [4.69, 9.17) is 0 Å². The lowest BCUT2D eigenvalue weighted by Crippen LogP contribution is -2.22. The molecule has 3 aromatic rings. The molecule has 0 atom stereocenters. The van der Waals surface area contributed by atoms with Crippen LogP contribution in [0.25, 0.3) is 5.57 Å². The van der Waals surface area contributed by atoms with Crippen LogP contribution in [0.3, 0.4) is 0 Å². The molecule has 3 nitrogen and oxygen atoms in total. The molecule has 0 spiro atoms. The normalized spacial score (nSPS) is 15.0. The lowest BCUT2D eigenvalue weighted by Gasteiger charge is -2.36. The van der Waals surface area contributed by atoms with Crippen LogP contribution in [0.4, 0.5) is 11.4 Å². The van der Waals surface area contributed by atoms with Gasteiger partial charge in [-0.15, -0.1) is 0 Å². The number of allylic oxidation sites excluding steroid dienone is 4. The minimum absolute atomic E-state index is 0.467. The summed E-state index contributed by atoms with van der Waals surface area (Å²) in [6.07, 6.45) is 7.90. The van der Waals surface area contributed by atoms with E-state index in [1.807, 2.05) is 23.9 Å². The zero-order valence-corrected chi connectivity index (χ0v) is 16.0. The van der Waals surface area contributed by atoms with Crippen LogP contribution in [0, 0.1) is 11.3 Å². The summed E-state index contributed by atoms with van der Waals surface area (Å²) in [5.74, 6) is 0. The van der Waals surface area contributed by atoms with Crippen molar-refractivity contribution in [3.05, 3.63) is 96.0 Å². The third-order valence-corrected chi connectivity index (χ3v) is 6.18. The van der Waals surface area contributed by atoms with Gasteiger partial charge in [0.05, 0.1) is 11.4 Å². The van der Waals surface area contributed by atoms with E-state index >= 15 is 0 Å². The van der Waals surface area contributed by atoms with Gasteiger partial charge in [-0.2, -0.15) is 5.26 Å². The number of hydrogen-bond acceptors (Lipinski definition) is 4. The number of nitriles is 1. The van der Waals surface area contributed by atoms with Gasteiger partial charge in [-0.1, -0.05) is 48.2 Å². The fourth-order valence-corrected chi connectivity index (χ4v) is 4.89. The molecule has 28 heavy (non-hydrogen) atoms. The van der Waals surface area contributed by atoms with Crippen molar-refractivity contribution < 1.29 is 0 Å². The van der Waals surface area contributed by atoms with Crippen LogP contribution in [-0.2, 0) is 0 Å². The molecule has 4 heteroatoms. The molecule has 0 N–H and O–H groups in total. The second-order valence-corrected chi connectivity index (χ2v) is 7.77. The first-order valence-electron chi connectivity index (χ1n) is 9.28. The summed E-state index contributed by atoms with van der Waals surface area (Å²) in [4.78, 5) is 9.15. The Morgan fingerprint density at radius 3 is 2.36 bits per heavy atom. The minimum Gasteiger partial charge on any atom is -0.311 e. The summed E-state index contributed by atoms with van der Waals surface area (Å²) in [5.41, 5.74) is 6.03. The number of aromatic nitrogens is 1. The number of nitrogens with zero attached hydrogens (tertiary/aromatic N) is 3.